The van der Waals surface area contributed by atoms with Crippen LogP contribution in [0.15, 0.2) is 36.5 Å². The number of ether oxygens (including phenoxy) is 1. The number of hydrogen-bond acceptors (Lipinski definition) is 4. The maximum absolute atomic E-state index is 13.6. The molecule has 1 aromatic carbocycles. The molecule has 6 heteroatoms. The van der Waals surface area contributed by atoms with E-state index in [4.69, 9.17) is 10.5 Å². The molecule has 0 bridgehead atoms. The lowest BCUT2D eigenvalue weighted by Crippen LogP contribution is -2.12. The normalized spacial score (nSPS) is 10.1. The van der Waals surface area contributed by atoms with Gasteiger partial charge in [0.25, 0.3) is 5.91 Å². The Morgan fingerprint density at radius 1 is 1.40 bits per heavy atom. The first-order valence-electron chi connectivity index (χ1n) is 6.05. The molecule has 0 aliphatic heterocycles. The van der Waals surface area contributed by atoms with Gasteiger partial charge in [-0.1, -0.05) is 0 Å². The molecule has 0 atom stereocenters. The number of aromatic nitrogens is 1. The lowest BCUT2D eigenvalue weighted by molar-refractivity contribution is 0.102. The molecule has 0 radical (unpaired) electrons. The van der Waals surface area contributed by atoms with E-state index < -0.39 is 5.82 Å². The Morgan fingerprint density at radius 3 is 2.80 bits per heavy atom. The summed E-state index contributed by atoms with van der Waals surface area (Å²) in [6, 6.07) is 7.30. The van der Waals surface area contributed by atoms with Crippen molar-refractivity contribution in [3.63, 3.8) is 0 Å². The Hall–Kier alpha value is -2.63. The fraction of sp³-hybridized carbons (Fsp3) is 0.143. The van der Waals surface area contributed by atoms with Gasteiger partial charge in [-0.25, -0.2) is 9.37 Å². The average Bonchev–Trinajstić information content (AvgIpc) is 2.42. The van der Waals surface area contributed by atoms with Gasteiger partial charge >= 0.3 is 0 Å². The minimum Gasteiger partial charge on any atom is -0.491 e. The quantitative estimate of drug-likeness (QED) is 0.898. The van der Waals surface area contributed by atoms with E-state index in [-0.39, 0.29) is 11.7 Å². The first-order valence-corrected chi connectivity index (χ1v) is 6.05. The second-order valence-electron chi connectivity index (χ2n) is 4.00. The van der Waals surface area contributed by atoms with E-state index in [1.807, 2.05) is 0 Å². The molecule has 0 saturated heterocycles. The third kappa shape index (κ3) is 3.23. The summed E-state index contributed by atoms with van der Waals surface area (Å²) in [4.78, 5) is 15.7. The number of hydrogen-bond donors (Lipinski definition) is 2. The molecule has 1 amide bonds. The minimum absolute atomic E-state index is 0.152. The number of nitrogens with two attached hydrogens (primary N) is 1. The number of pyridine rings is 1. The highest BCUT2D eigenvalue weighted by atomic mass is 19.1. The van der Waals surface area contributed by atoms with Crippen molar-refractivity contribution in [3.05, 3.63) is 47.9 Å². The monoisotopic (exact) mass is 275 g/mol. The number of nitrogens with zero attached hydrogens (tertiary/aromatic N) is 1. The third-order valence-electron chi connectivity index (χ3n) is 2.54. The molecule has 104 valence electrons. The van der Waals surface area contributed by atoms with Crippen LogP contribution < -0.4 is 15.8 Å². The third-order valence-corrected chi connectivity index (χ3v) is 2.54. The fourth-order valence-corrected chi connectivity index (χ4v) is 1.59. The first kappa shape index (κ1) is 13.8. The van der Waals surface area contributed by atoms with Crippen LogP contribution in [0.5, 0.6) is 5.75 Å². The molecule has 0 aliphatic carbocycles. The van der Waals surface area contributed by atoms with Crippen molar-refractivity contribution in [2.45, 2.75) is 6.92 Å². The van der Waals surface area contributed by atoms with Crippen LogP contribution in [0, 0.1) is 5.82 Å². The zero-order chi connectivity index (χ0) is 14.5. The van der Waals surface area contributed by atoms with Crippen molar-refractivity contribution in [1.82, 2.24) is 4.98 Å². The lowest BCUT2D eigenvalue weighted by atomic mass is 10.2. The number of carbonyl (C=O) groups is 1. The zero-order valence-corrected chi connectivity index (χ0v) is 10.9. The highest BCUT2D eigenvalue weighted by Gasteiger charge is 2.09. The Balaban J connectivity index is 2.11. The van der Waals surface area contributed by atoms with Gasteiger partial charge in [0.05, 0.1) is 12.2 Å². The molecule has 2 aromatic rings. The SMILES string of the molecule is CCOc1ccc(NC(=O)c2ccc(N)nc2)cc1F. The van der Waals surface area contributed by atoms with Gasteiger partial charge in [-0.2, -0.15) is 0 Å². The van der Waals surface area contributed by atoms with Crippen LogP contribution in [0.2, 0.25) is 0 Å². The van der Waals surface area contributed by atoms with Gasteiger partial charge in [-0.3, -0.25) is 4.79 Å². The van der Waals surface area contributed by atoms with Crippen LogP contribution >= 0.6 is 0 Å². The van der Waals surface area contributed by atoms with Gasteiger partial charge in [0.15, 0.2) is 11.6 Å². The van der Waals surface area contributed by atoms with Gasteiger partial charge in [0.1, 0.15) is 5.82 Å². The van der Waals surface area contributed by atoms with Crippen molar-refractivity contribution < 1.29 is 13.9 Å². The average molecular weight is 275 g/mol. The highest BCUT2D eigenvalue weighted by molar-refractivity contribution is 6.04. The summed E-state index contributed by atoms with van der Waals surface area (Å²) in [6.45, 7) is 2.14. The number of anilines is 2. The largest absolute Gasteiger partial charge is 0.491 e. The van der Waals surface area contributed by atoms with Crippen LogP contribution in [0.3, 0.4) is 0 Å². The fourth-order valence-electron chi connectivity index (χ4n) is 1.59. The van der Waals surface area contributed by atoms with E-state index in [2.05, 4.69) is 10.3 Å². The van der Waals surface area contributed by atoms with E-state index in [1.54, 1.807) is 19.1 Å². The molecule has 20 heavy (non-hydrogen) atoms. The lowest BCUT2D eigenvalue weighted by Gasteiger charge is -2.08. The van der Waals surface area contributed by atoms with E-state index in [0.717, 1.165) is 0 Å². The molecule has 1 heterocycles. The van der Waals surface area contributed by atoms with Gasteiger partial charge in [-0.05, 0) is 31.2 Å². The first-order chi connectivity index (χ1) is 9.60. The Labute approximate surface area is 115 Å². The van der Waals surface area contributed by atoms with Crippen molar-refractivity contribution in [2.75, 3.05) is 17.7 Å². The second-order valence-corrected chi connectivity index (χ2v) is 4.00. The molecular formula is C14H14FN3O2. The van der Waals surface area contributed by atoms with E-state index >= 15 is 0 Å². The standard InChI is InChI=1S/C14H14FN3O2/c1-2-20-12-5-4-10(7-11(12)15)18-14(19)9-3-6-13(16)17-8-9/h3-8H,2H2,1H3,(H2,16,17)(H,18,19). The molecule has 5 nitrogen and oxygen atoms in total. The zero-order valence-electron chi connectivity index (χ0n) is 10.9. The van der Waals surface area contributed by atoms with Crippen molar-refractivity contribution in [2.24, 2.45) is 0 Å². The molecule has 3 N–H and O–H groups in total. The predicted molar refractivity (Wildman–Crippen MR) is 74.2 cm³/mol. The van der Waals surface area contributed by atoms with Gasteiger partial charge in [-0.15, -0.1) is 0 Å². The Bertz CT molecular complexity index is 614. The number of benzene rings is 1. The number of nitrogen functional groups attached to an aromatic ring is 1. The highest BCUT2D eigenvalue weighted by Crippen LogP contribution is 2.21. The van der Waals surface area contributed by atoms with E-state index in [9.17, 15) is 9.18 Å². The number of halogens is 1. The smallest absolute Gasteiger partial charge is 0.257 e. The number of rotatable bonds is 4. The Morgan fingerprint density at radius 2 is 2.20 bits per heavy atom. The molecule has 0 aliphatic rings. The molecule has 0 unspecified atom stereocenters. The van der Waals surface area contributed by atoms with Gasteiger partial charge in [0, 0.05) is 18.0 Å². The molecule has 2 rings (SSSR count). The number of nitrogens with one attached hydrogen (secondary N) is 1. The summed E-state index contributed by atoms with van der Waals surface area (Å²) >= 11 is 0. The number of amides is 1. The van der Waals surface area contributed by atoms with Gasteiger partial charge in [0.2, 0.25) is 0 Å². The second kappa shape index (κ2) is 6.01. The summed E-state index contributed by atoms with van der Waals surface area (Å²) in [6.07, 6.45) is 1.36. The maximum Gasteiger partial charge on any atom is 0.257 e. The predicted octanol–water partition coefficient (Wildman–Crippen LogP) is 2.45. The minimum atomic E-state index is -0.528. The molecule has 0 saturated carbocycles. The molecular weight excluding hydrogens is 261 g/mol. The van der Waals surface area contributed by atoms with E-state index in [0.29, 0.717) is 23.7 Å². The van der Waals surface area contributed by atoms with Gasteiger partial charge < -0.3 is 15.8 Å². The Kier molecular flexibility index (Phi) is 4.14. The summed E-state index contributed by atoms with van der Waals surface area (Å²) in [5.41, 5.74) is 6.12. The summed E-state index contributed by atoms with van der Waals surface area (Å²) in [5.74, 6) is -0.436. The van der Waals surface area contributed by atoms with Crippen LogP contribution in [0.1, 0.15) is 17.3 Å². The molecule has 0 spiro atoms. The van der Waals surface area contributed by atoms with Crippen LogP contribution in [-0.4, -0.2) is 17.5 Å². The van der Waals surface area contributed by atoms with Crippen LogP contribution in [0.25, 0.3) is 0 Å². The van der Waals surface area contributed by atoms with Crippen molar-refractivity contribution in [3.8, 4) is 5.75 Å². The topological polar surface area (TPSA) is 77.2 Å². The van der Waals surface area contributed by atoms with Crippen LogP contribution in [-0.2, 0) is 0 Å². The summed E-state index contributed by atoms with van der Waals surface area (Å²) in [7, 11) is 0. The maximum atomic E-state index is 13.6. The summed E-state index contributed by atoms with van der Waals surface area (Å²) < 4.78 is 18.7. The van der Waals surface area contributed by atoms with Crippen molar-refractivity contribution >= 4 is 17.4 Å². The van der Waals surface area contributed by atoms with Crippen molar-refractivity contribution in [1.29, 1.82) is 0 Å². The molecule has 1 aromatic heterocycles. The number of carbonyl (C=O) groups excluding carboxylic acids is 1. The molecule has 0 fully saturated rings. The van der Waals surface area contributed by atoms with Crippen LogP contribution in [0.4, 0.5) is 15.9 Å². The van der Waals surface area contributed by atoms with E-state index in [1.165, 1.54) is 24.4 Å². The summed E-state index contributed by atoms with van der Waals surface area (Å²) in [5, 5.41) is 2.57.